The molecule has 0 saturated heterocycles. The fourth-order valence-electron chi connectivity index (χ4n) is 1.60. The molecule has 0 amide bonds. The number of rotatable bonds is 7. The molecule has 0 unspecified atom stereocenters. The van der Waals surface area contributed by atoms with Gasteiger partial charge >= 0.3 is 0 Å². The standard InChI is InChI=1S/C12H19N5/c1-3-17(4-2)7-5-6-15-12-11(8-13)9-14-10-16-12/h9-10H,3-7H2,1-2H3,(H,14,15,16). The molecule has 0 aliphatic heterocycles. The summed E-state index contributed by atoms with van der Waals surface area (Å²) in [5, 5.41) is 12.0. The lowest BCUT2D eigenvalue weighted by Crippen LogP contribution is -2.25. The molecule has 0 aliphatic rings. The Bertz CT molecular complexity index is 367. The van der Waals surface area contributed by atoms with Gasteiger partial charge in [0.05, 0.1) is 6.20 Å². The number of anilines is 1. The highest BCUT2D eigenvalue weighted by molar-refractivity contribution is 5.49. The molecule has 92 valence electrons. The minimum Gasteiger partial charge on any atom is -0.369 e. The summed E-state index contributed by atoms with van der Waals surface area (Å²) in [5.41, 5.74) is 0.496. The lowest BCUT2D eigenvalue weighted by Gasteiger charge is -2.17. The number of aromatic nitrogens is 2. The van der Waals surface area contributed by atoms with Crippen LogP contribution in [0.3, 0.4) is 0 Å². The summed E-state index contributed by atoms with van der Waals surface area (Å²) in [6.45, 7) is 8.36. The van der Waals surface area contributed by atoms with E-state index in [4.69, 9.17) is 5.26 Å². The van der Waals surface area contributed by atoms with Crippen molar-refractivity contribution in [3.63, 3.8) is 0 Å². The second-order valence-corrected chi connectivity index (χ2v) is 3.70. The normalized spacial score (nSPS) is 10.2. The summed E-state index contributed by atoms with van der Waals surface area (Å²) < 4.78 is 0. The molecule has 0 fully saturated rings. The largest absolute Gasteiger partial charge is 0.369 e. The molecule has 1 N–H and O–H groups in total. The van der Waals surface area contributed by atoms with Crippen LogP contribution < -0.4 is 5.32 Å². The fraction of sp³-hybridized carbons (Fsp3) is 0.583. The van der Waals surface area contributed by atoms with E-state index < -0.39 is 0 Å². The molecule has 5 heteroatoms. The Hall–Kier alpha value is -1.67. The van der Waals surface area contributed by atoms with Crippen LogP contribution in [0.5, 0.6) is 0 Å². The van der Waals surface area contributed by atoms with Gasteiger partial charge in [0.25, 0.3) is 0 Å². The van der Waals surface area contributed by atoms with Crippen molar-refractivity contribution in [3.05, 3.63) is 18.1 Å². The Morgan fingerprint density at radius 3 is 2.82 bits per heavy atom. The van der Waals surface area contributed by atoms with E-state index in [0.29, 0.717) is 11.4 Å². The average Bonchev–Trinajstić information content (AvgIpc) is 2.39. The first-order chi connectivity index (χ1) is 8.31. The van der Waals surface area contributed by atoms with Crippen LogP contribution in [-0.4, -0.2) is 41.0 Å². The summed E-state index contributed by atoms with van der Waals surface area (Å²) in [5.74, 6) is 0.627. The van der Waals surface area contributed by atoms with Crippen molar-refractivity contribution in [1.82, 2.24) is 14.9 Å². The monoisotopic (exact) mass is 233 g/mol. The lowest BCUT2D eigenvalue weighted by atomic mass is 10.3. The Morgan fingerprint density at radius 1 is 1.41 bits per heavy atom. The molecule has 17 heavy (non-hydrogen) atoms. The zero-order chi connectivity index (χ0) is 12.5. The quantitative estimate of drug-likeness (QED) is 0.723. The Kier molecular flexibility index (Phi) is 5.97. The van der Waals surface area contributed by atoms with Gasteiger partial charge in [-0.25, -0.2) is 9.97 Å². The van der Waals surface area contributed by atoms with E-state index in [1.807, 2.05) is 0 Å². The van der Waals surface area contributed by atoms with Gasteiger partial charge in [-0.15, -0.1) is 0 Å². The van der Waals surface area contributed by atoms with Gasteiger partial charge in [0.1, 0.15) is 23.8 Å². The van der Waals surface area contributed by atoms with Gasteiger partial charge in [-0.2, -0.15) is 5.26 Å². The first kappa shape index (κ1) is 13.4. The minimum atomic E-state index is 0.496. The van der Waals surface area contributed by atoms with Gasteiger partial charge in [0, 0.05) is 6.54 Å². The van der Waals surface area contributed by atoms with Crippen LogP contribution in [0.4, 0.5) is 5.82 Å². The molecule has 0 aromatic carbocycles. The smallest absolute Gasteiger partial charge is 0.147 e. The lowest BCUT2D eigenvalue weighted by molar-refractivity contribution is 0.303. The van der Waals surface area contributed by atoms with Crippen molar-refractivity contribution in [2.24, 2.45) is 0 Å². The van der Waals surface area contributed by atoms with Crippen molar-refractivity contribution in [2.75, 3.05) is 31.5 Å². The van der Waals surface area contributed by atoms with Gasteiger partial charge in [0.2, 0.25) is 0 Å². The van der Waals surface area contributed by atoms with E-state index in [-0.39, 0.29) is 0 Å². The molecule has 1 heterocycles. The molecule has 0 radical (unpaired) electrons. The zero-order valence-electron chi connectivity index (χ0n) is 10.5. The van der Waals surface area contributed by atoms with E-state index in [0.717, 1.165) is 32.6 Å². The van der Waals surface area contributed by atoms with Crippen molar-refractivity contribution in [1.29, 1.82) is 5.26 Å². The Labute approximate surface area is 102 Å². The van der Waals surface area contributed by atoms with E-state index in [1.165, 1.54) is 12.5 Å². The van der Waals surface area contributed by atoms with Crippen LogP contribution in [-0.2, 0) is 0 Å². The van der Waals surface area contributed by atoms with Crippen molar-refractivity contribution in [3.8, 4) is 6.07 Å². The van der Waals surface area contributed by atoms with Gasteiger partial charge in [-0.05, 0) is 26.1 Å². The van der Waals surface area contributed by atoms with Crippen LogP contribution in [0, 0.1) is 11.3 Å². The summed E-state index contributed by atoms with van der Waals surface area (Å²) in [7, 11) is 0. The number of nitrogens with zero attached hydrogens (tertiary/aromatic N) is 4. The number of nitrogens with one attached hydrogen (secondary N) is 1. The van der Waals surface area contributed by atoms with E-state index in [9.17, 15) is 0 Å². The topological polar surface area (TPSA) is 64.8 Å². The first-order valence-electron chi connectivity index (χ1n) is 5.98. The highest BCUT2D eigenvalue weighted by Gasteiger charge is 2.02. The Morgan fingerprint density at radius 2 is 2.18 bits per heavy atom. The van der Waals surface area contributed by atoms with Gasteiger partial charge in [-0.3, -0.25) is 0 Å². The van der Waals surface area contributed by atoms with Crippen LogP contribution in [0.1, 0.15) is 25.8 Å². The van der Waals surface area contributed by atoms with Crippen molar-refractivity contribution < 1.29 is 0 Å². The van der Waals surface area contributed by atoms with Gasteiger partial charge in [0.15, 0.2) is 0 Å². The molecule has 0 atom stereocenters. The van der Waals surface area contributed by atoms with Crippen molar-refractivity contribution >= 4 is 5.82 Å². The highest BCUT2D eigenvalue weighted by atomic mass is 15.1. The van der Waals surface area contributed by atoms with E-state index in [1.54, 1.807) is 0 Å². The van der Waals surface area contributed by atoms with E-state index in [2.05, 4.69) is 40.1 Å². The molecular weight excluding hydrogens is 214 g/mol. The van der Waals surface area contributed by atoms with Crippen LogP contribution >= 0.6 is 0 Å². The molecule has 0 saturated carbocycles. The molecule has 1 rings (SSSR count). The molecule has 5 nitrogen and oxygen atoms in total. The summed E-state index contributed by atoms with van der Waals surface area (Å²) in [6, 6.07) is 2.07. The highest BCUT2D eigenvalue weighted by Crippen LogP contribution is 2.07. The maximum atomic E-state index is 8.86. The molecule has 1 aromatic heterocycles. The predicted molar refractivity (Wildman–Crippen MR) is 67.6 cm³/mol. The average molecular weight is 233 g/mol. The third-order valence-electron chi connectivity index (χ3n) is 2.67. The SMILES string of the molecule is CCN(CC)CCCNc1ncncc1C#N. The summed E-state index contributed by atoms with van der Waals surface area (Å²) in [6.07, 6.45) is 4.02. The predicted octanol–water partition coefficient (Wildman–Crippen LogP) is 1.49. The number of nitriles is 1. The number of hydrogen-bond acceptors (Lipinski definition) is 5. The maximum absolute atomic E-state index is 8.86. The minimum absolute atomic E-state index is 0.496. The molecule has 1 aromatic rings. The first-order valence-corrected chi connectivity index (χ1v) is 5.98. The molecule has 0 aliphatic carbocycles. The van der Waals surface area contributed by atoms with Crippen LogP contribution in [0.25, 0.3) is 0 Å². The Balaban J connectivity index is 2.34. The summed E-state index contributed by atoms with van der Waals surface area (Å²) >= 11 is 0. The zero-order valence-corrected chi connectivity index (χ0v) is 10.5. The second kappa shape index (κ2) is 7.58. The summed E-state index contributed by atoms with van der Waals surface area (Å²) in [4.78, 5) is 10.2. The molecule has 0 spiro atoms. The maximum Gasteiger partial charge on any atom is 0.147 e. The second-order valence-electron chi connectivity index (χ2n) is 3.70. The number of hydrogen-bond donors (Lipinski definition) is 1. The molecular formula is C12H19N5. The van der Waals surface area contributed by atoms with Gasteiger partial charge < -0.3 is 10.2 Å². The van der Waals surface area contributed by atoms with E-state index >= 15 is 0 Å². The van der Waals surface area contributed by atoms with Crippen LogP contribution in [0.2, 0.25) is 0 Å². The molecule has 0 bridgehead atoms. The van der Waals surface area contributed by atoms with Crippen LogP contribution in [0.15, 0.2) is 12.5 Å². The third-order valence-corrected chi connectivity index (χ3v) is 2.67. The third kappa shape index (κ3) is 4.37. The van der Waals surface area contributed by atoms with Gasteiger partial charge in [-0.1, -0.05) is 13.8 Å². The van der Waals surface area contributed by atoms with Crippen molar-refractivity contribution in [2.45, 2.75) is 20.3 Å². The fourth-order valence-corrected chi connectivity index (χ4v) is 1.60.